The van der Waals surface area contributed by atoms with Crippen LogP contribution < -0.4 is 9.62 Å². The lowest BCUT2D eigenvalue weighted by Gasteiger charge is -2.36. The van der Waals surface area contributed by atoms with Crippen molar-refractivity contribution in [2.24, 2.45) is 0 Å². The molecular formula is C14H20ClN7O2S. The van der Waals surface area contributed by atoms with Crippen LogP contribution in [0.15, 0.2) is 24.5 Å². The van der Waals surface area contributed by atoms with E-state index in [2.05, 4.69) is 25.1 Å². The van der Waals surface area contributed by atoms with E-state index in [4.69, 9.17) is 11.6 Å². The summed E-state index contributed by atoms with van der Waals surface area (Å²) in [5, 5.41) is 10.7. The Kier molecular flexibility index (Phi) is 4.96. The molecule has 0 aliphatic carbocycles. The molecule has 0 atom stereocenters. The molecular weight excluding hydrogens is 366 g/mol. The van der Waals surface area contributed by atoms with E-state index >= 15 is 0 Å². The summed E-state index contributed by atoms with van der Waals surface area (Å²) >= 11 is 5.85. The zero-order valence-corrected chi connectivity index (χ0v) is 15.5. The number of aromatic amines is 1. The number of anilines is 1. The predicted octanol–water partition coefficient (Wildman–Crippen LogP) is 0.745. The Morgan fingerprint density at radius 1 is 1.24 bits per heavy atom. The van der Waals surface area contributed by atoms with Gasteiger partial charge in [0.1, 0.15) is 11.5 Å². The number of rotatable bonds is 5. The lowest BCUT2D eigenvalue weighted by molar-refractivity contribution is 0.358. The van der Waals surface area contributed by atoms with Gasteiger partial charge in [-0.3, -0.25) is 5.10 Å². The molecule has 0 aromatic carbocycles. The molecule has 9 nitrogen and oxygen atoms in total. The molecule has 0 unspecified atom stereocenters. The van der Waals surface area contributed by atoms with Gasteiger partial charge in [0.25, 0.3) is 10.2 Å². The fourth-order valence-electron chi connectivity index (χ4n) is 2.66. The summed E-state index contributed by atoms with van der Waals surface area (Å²) in [5.74, 6) is 0.789. The molecule has 3 heterocycles. The van der Waals surface area contributed by atoms with Crippen molar-refractivity contribution in [1.82, 2.24) is 29.4 Å². The van der Waals surface area contributed by atoms with Crippen LogP contribution in [0, 0.1) is 0 Å². The molecule has 2 N–H and O–H groups in total. The maximum absolute atomic E-state index is 12.7. The fraction of sp³-hybridized carbons (Fsp3) is 0.500. The van der Waals surface area contributed by atoms with Gasteiger partial charge in [-0.05, 0) is 26.0 Å². The standard InChI is InChI=1S/C14H20ClN7O2S/c1-14(2,12-10-17-20-18-12)19-25(23,24)22-7-5-21(6-8-22)13-4-3-11(15)9-16-13/h3-4,9-10,19H,5-8H2,1-2H3,(H,17,18,20). The number of nitrogens with one attached hydrogen (secondary N) is 2. The van der Waals surface area contributed by atoms with Gasteiger partial charge in [-0.25, -0.2) is 4.98 Å². The normalized spacial score (nSPS) is 17.0. The molecule has 1 aliphatic heterocycles. The molecule has 11 heteroatoms. The van der Waals surface area contributed by atoms with Crippen molar-refractivity contribution in [2.45, 2.75) is 19.4 Å². The maximum Gasteiger partial charge on any atom is 0.280 e. The lowest BCUT2D eigenvalue weighted by atomic mass is 10.0. The van der Waals surface area contributed by atoms with Crippen LogP contribution in [0.1, 0.15) is 19.5 Å². The first kappa shape index (κ1) is 18.1. The van der Waals surface area contributed by atoms with Crippen molar-refractivity contribution in [3.8, 4) is 0 Å². The van der Waals surface area contributed by atoms with Gasteiger partial charge in [0.05, 0.1) is 10.6 Å². The molecule has 136 valence electrons. The molecule has 0 spiro atoms. The van der Waals surface area contributed by atoms with E-state index in [-0.39, 0.29) is 0 Å². The molecule has 0 radical (unpaired) electrons. The molecule has 3 rings (SSSR count). The maximum atomic E-state index is 12.7. The predicted molar refractivity (Wildman–Crippen MR) is 94.5 cm³/mol. The van der Waals surface area contributed by atoms with Crippen LogP contribution in [0.2, 0.25) is 5.02 Å². The smallest absolute Gasteiger partial charge is 0.280 e. The van der Waals surface area contributed by atoms with Crippen LogP contribution in [0.3, 0.4) is 0 Å². The molecule has 0 bridgehead atoms. The van der Waals surface area contributed by atoms with Crippen molar-refractivity contribution in [2.75, 3.05) is 31.1 Å². The number of pyridine rings is 1. The van der Waals surface area contributed by atoms with Crippen LogP contribution in [-0.4, -0.2) is 59.3 Å². The first-order chi connectivity index (χ1) is 11.8. The minimum absolute atomic E-state index is 0.370. The van der Waals surface area contributed by atoms with Crippen LogP contribution in [0.25, 0.3) is 0 Å². The van der Waals surface area contributed by atoms with Crippen LogP contribution in [0.5, 0.6) is 0 Å². The molecule has 1 fully saturated rings. The molecule has 0 saturated carbocycles. The van der Waals surface area contributed by atoms with Crippen molar-refractivity contribution >= 4 is 27.6 Å². The van der Waals surface area contributed by atoms with Gasteiger partial charge < -0.3 is 4.90 Å². The highest BCUT2D eigenvalue weighted by Gasteiger charge is 2.34. The average Bonchev–Trinajstić information content (AvgIpc) is 3.10. The van der Waals surface area contributed by atoms with Gasteiger partial charge in [0.15, 0.2) is 0 Å². The quantitative estimate of drug-likeness (QED) is 0.786. The summed E-state index contributed by atoms with van der Waals surface area (Å²) in [6.45, 7) is 5.34. The second kappa shape index (κ2) is 6.87. The lowest BCUT2D eigenvalue weighted by Crippen LogP contribution is -2.55. The van der Waals surface area contributed by atoms with Crippen LogP contribution in [-0.2, 0) is 15.7 Å². The van der Waals surface area contributed by atoms with Gasteiger partial charge in [-0.1, -0.05) is 16.8 Å². The minimum atomic E-state index is -3.65. The summed E-state index contributed by atoms with van der Waals surface area (Å²) in [6, 6.07) is 3.60. The second-order valence-corrected chi connectivity index (χ2v) is 8.42. The van der Waals surface area contributed by atoms with Crippen molar-refractivity contribution in [3.63, 3.8) is 0 Å². The Bertz CT molecular complexity index is 800. The number of aromatic nitrogens is 4. The van der Waals surface area contributed by atoms with Crippen LogP contribution in [0.4, 0.5) is 5.82 Å². The first-order valence-corrected chi connectivity index (χ1v) is 9.62. The number of hydrogen-bond donors (Lipinski definition) is 2. The summed E-state index contributed by atoms with van der Waals surface area (Å²) < 4.78 is 29.5. The Labute approximate surface area is 151 Å². The number of hydrogen-bond acceptors (Lipinski definition) is 6. The molecule has 1 aliphatic rings. The largest absolute Gasteiger partial charge is 0.354 e. The van der Waals surface area contributed by atoms with Crippen molar-refractivity contribution < 1.29 is 8.42 Å². The minimum Gasteiger partial charge on any atom is -0.354 e. The summed E-state index contributed by atoms with van der Waals surface area (Å²) in [7, 11) is -3.65. The number of halogens is 1. The zero-order chi connectivity index (χ0) is 18.1. The van der Waals surface area contributed by atoms with E-state index in [0.717, 1.165) is 5.82 Å². The Hall–Kier alpha value is -1.75. The first-order valence-electron chi connectivity index (χ1n) is 7.80. The highest BCUT2D eigenvalue weighted by atomic mass is 35.5. The third-order valence-electron chi connectivity index (χ3n) is 4.06. The molecule has 25 heavy (non-hydrogen) atoms. The third kappa shape index (κ3) is 4.09. The summed E-state index contributed by atoms with van der Waals surface area (Å²) in [5.41, 5.74) is -0.333. The van der Waals surface area contributed by atoms with E-state index in [0.29, 0.717) is 36.9 Å². The molecule has 1 saturated heterocycles. The Balaban J connectivity index is 1.64. The highest BCUT2D eigenvalue weighted by molar-refractivity contribution is 7.87. The highest BCUT2D eigenvalue weighted by Crippen LogP contribution is 2.21. The van der Waals surface area contributed by atoms with E-state index in [1.165, 1.54) is 4.31 Å². The molecule has 2 aromatic rings. The van der Waals surface area contributed by atoms with Crippen molar-refractivity contribution in [3.05, 3.63) is 35.2 Å². The monoisotopic (exact) mass is 385 g/mol. The number of nitrogens with zero attached hydrogens (tertiary/aromatic N) is 5. The van der Waals surface area contributed by atoms with Gasteiger partial charge in [0, 0.05) is 38.6 Å². The van der Waals surface area contributed by atoms with Crippen molar-refractivity contribution in [1.29, 1.82) is 0 Å². The number of piperazine rings is 1. The third-order valence-corrected chi connectivity index (χ3v) is 6.09. The average molecular weight is 386 g/mol. The van der Waals surface area contributed by atoms with Crippen LogP contribution >= 0.6 is 11.6 Å². The summed E-state index contributed by atoms with van der Waals surface area (Å²) in [6.07, 6.45) is 3.16. The zero-order valence-electron chi connectivity index (χ0n) is 14.0. The molecule has 2 aromatic heterocycles. The van der Waals surface area contributed by atoms with E-state index < -0.39 is 15.7 Å². The van der Waals surface area contributed by atoms with Gasteiger partial charge >= 0.3 is 0 Å². The summed E-state index contributed by atoms with van der Waals surface area (Å²) in [4.78, 5) is 6.31. The SMILES string of the molecule is CC(C)(NS(=O)(=O)N1CCN(c2ccc(Cl)cn2)CC1)c1c[nH]nn1. The van der Waals surface area contributed by atoms with E-state index in [1.54, 1.807) is 32.3 Å². The van der Waals surface area contributed by atoms with Gasteiger partial charge in [-0.2, -0.15) is 17.4 Å². The van der Waals surface area contributed by atoms with Gasteiger partial charge in [-0.15, -0.1) is 5.10 Å². The Morgan fingerprint density at radius 2 is 1.96 bits per heavy atom. The van der Waals surface area contributed by atoms with Gasteiger partial charge in [0.2, 0.25) is 0 Å². The molecule has 0 amide bonds. The second-order valence-electron chi connectivity index (χ2n) is 6.31. The van der Waals surface area contributed by atoms with E-state index in [9.17, 15) is 8.42 Å². The van der Waals surface area contributed by atoms with E-state index in [1.807, 2.05) is 11.0 Å². The Morgan fingerprint density at radius 3 is 2.52 bits per heavy atom. The fourth-order valence-corrected chi connectivity index (χ4v) is 4.29. The number of H-pyrrole nitrogens is 1. The topological polar surface area (TPSA) is 107 Å².